The highest BCUT2D eigenvalue weighted by Crippen LogP contribution is 2.45. The molecule has 24 aromatic rings. The summed E-state index contributed by atoms with van der Waals surface area (Å²) in [6.07, 6.45) is 0. The Kier molecular flexibility index (Phi) is 25.3. The first-order valence-electron chi connectivity index (χ1n) is 45.7. The first kappa shape index (κ1) is 96.4. The maximum Gasteiger partial charge on any atom is 0.185 e. The van der Waals surface area contributed by atoms with E-state index in [1.54, 1.807) is 74.6 Å². The van der Waals surface area contributed by atoms with Crippen molar-refractivity contribution in [3.05, 3.63) is 463 Å². The molecule has 0 amide bonds. The number of fused-ring (bicyclic) bond motifs is 18. The van der Waals surface area contributed by atoms with Gasteiger partial charge in [-0.2, -0.15) is 0 Å². The van der Waals surface area contributed by atoms with Gasteiger partial charge < -0.3 is 27.4 Å². The van der Waals surface area contributed by atoms with E-state index in [1.165, 1.54) is 64.6 Å². The quantitative estimate of drug-likeness (QED) is 0.117. The molecule has 0 N–H and O–H groups in total. The van der Waals surface area contributed by atoms with E-state index in [-0.39, 0.29) is 67.6 Å². The molecule has 0 fully saturated rings. The third-order valence-electron chi connectivity index (χ3n) is 26.0. The third-order valence-corrected chi connectivity index (χ3v) is 26.0. The Labute approximate surface area is 812 Å². The molecular formula is C120H84F18N6. The fourth-order valence-electron chi connectivity index (χ4n) is 19.3. The highest BCUT2D eigenvalue weighted by Gasteiger charge is 2.29. The fourth-order valence-corrected chi connectivity index (χ4v) is 19.3. The number of nitrogens with zero attached hydrogens (tertiary/aromatic N) is 6. The molecule has 6 heterocycles. The molecule has 18 aromatic carbocycles. The largest absolute Gasteiger partial charge is 0.309 e. The molecule has 0 aliphatic rings. The average Bonchev–Trinajstić information content (AvgIpc) is 1.60. The SMILES string of the molecule is Cc1ccc2c(c1)c1c(F)c(C)c(F)cc1n2-c1ccc(F)cc1.Cc1ccc2c(c1)c1c(F)c(C)cc(F)c1n2-c1ccc(F)cc1.Cc1ccc2c(c1)c1cc(C)c(F)c(F)c1n2-c1ccc(F)cc1.Cc1ccc2c(c1)c1cc(C)ccc1n2-c1c(F)cc(F)cc1F.Cc1ccc2c(c1)c1cc(C)ccc1n2-c1c(F)ccc(F)c1F.Cc1ccc2c(c1)c1cc(C)ccc1n2-c1cc(F)cc(F)c1F. The summed E-state index contributed by atoms with van der Waals surface area (Å²) in [6, 6.07) is 77.6. The van der Waals surface area contributed by atoms with Gasteiger partial charge in [-0.3, -0.25) is 0 Å². The van der Waals surface area contributed by atoms with Crippen LogP contribution in [0.3, 0.4) is 0 Å². The van der Waals surface area contributed by atoms with Crippen LogP contribution < -0.4 is 0 Å². The van der Waals surface area contributed by atoms with Crippen LogP contribution in [0, 0.1) is 188 Å². The van der Waals surface area contributed by atoms with Crippen molar-refractivity contribution in [1.29, 1.82) is 0 Å². The molecule has 0 atom stereocenters. The van der Waals surface area contributed by atoms with Crippen LogP contribution in [0.4, 0.5) is 79.0 Å². The Morgan fingerprint density at radius 2 is 0.472 bits per heavy atom. The van der Waals surface area contributed by atoms with Gasteiger partial charge in [0.2, 0.25) is 0 Å². The highest BCUT2D eigenvalue weighted by atomic mass is 19.2. The van der Waals surface area contributed by atoms with Gasteiger partial charge in [-0.25, -0.2) is 79.0 Å². The van der Waals surface area contributed by atoms with E-state index >= 15 is 0 Å². The summed E-state index contributed by atoms with van der Waals surface area (Å²) >= 11 is 0. The van der Waals surface area contributed by atoms with Crippen LogP contribution in [0.5, 0.6) is 0 Å². The van der Waals surface area contributed by atoms with E-state index < -0.39 is 87.3 Å². The van der Waals surface area contributed by atoms with Gasteiger partial charge in [-0.1, -0.05) is 105 Å². The predicted molar refractivity (Wildman–Crippen MR) is 541 cm³/mol. The lowest BCUT2D eigenvalue weighted by atomic mass is 10.1. The van der Waals surface area contributed by atoms with Crippen LogP contribution in [-0.2, 0) is 0 Å². The molecule has 6 aromatic heterocycles. The average molecular weight is 1950 g/mol. The highest BCUT2D eigenvalue weighted by molar-refractivity contribution is 6.15. The number of halogens is 18. The molecule has 144 heavy (non-hydrogen) atoms. The lowest BCUT2D eigenvalue weighted by Gasteiger charge is -2.11. The summed E-state index contributed by atoms with van der Waals surface area (Å²) in [6.45, 7) is 22.1. The van der Waals surface area contributed by atoms with Crippen molar-refractivity contribution < 1.29 is 79.0 Å². The molecular weight excluding hydrogens is 1870 g/mol. The molecule has 24 rings (SSSR count). The van der Waals surface area contributed by atoms with E-state index in [1.807, 2.05) is 226 Å². The summed E-state index contributed by atoms with van der Waals surface area (Å²) in [4.78, 5) is 0. The van der Waals surface area contributed by atoms with E-state index in [9.17, 15) is 79.0 Å². The van der Waals surface area contributed by atoms with E-state index in [4.69, 9.17) is 0 Å². The molecule has 0 spiro atoms. The first-order valence-corrected chi connectivity index (χ1v) is 45.7. The fraction of sp³-hybridized carbons (Fsp3) is 0.100. The van der Waals surface area contributed by atoms with Crippen molar-refractivity contribution in [2.45, 2.75) is 83.1 Å². The number of aromatic nitrogens is 6. The topological polar surface area (TPSA) is 29.6 Å². The summed E-state index contributed by atoms with van der Waals surface area (Å²) in [5.74, 6) is -13.8. The third kappa shape index (κ3) is 17.3. The first-order chi connectivity index (χ1) is 68.8. The summed E-state index contributed by atoms with van der Waals surface area (Å²) in [7, 11) is 0. The second kappa shape index (κ2) is 37.8. The van der Waals surface area contributed by atoms with Crippen molar-refractivity contribution in [3.63, 3.8) is 0 Å². The lowest BCUT2D eigenvalue weighted by Crippen LogP contribution is -2.03. The van der Waals surface area contributed by atoms with Crippen LogP contribution in [0.25, 0.3) is 165 Å². The van der Waals surface area contributed by atoms with E-state index in [0.29, 0.717) is 95.6 Å². The molecule has 0 unspecified atom stereocenters. The van der Waals surface area contributed by atoms with Gasteiger partial charge in [-0.15, -0.1) is 0 Å². The van der Waals surface area contributed by atoms with Crippen molar-refractivity contribution in [1.82, 2.24) is 27.4 Å². The van der Waals surface area contributed by atoms with E-state index in [0.717, 1.165) is 122 Å². The van der Waals surface area contributed by atoms with Crippen molar-refractivity contribution in [2.75, 3.05) is 0 Å². The van der Waals surface area contributed by atoms with Gasteiger partial charge in [-0.05, 0) is 307 Å². The zero-order valence-electron chi connectivity index (χ0n) is 79.2. The predicted octanol–water partition coefficient (Wildman–Crippen LogP) is 34.9. The smallest absolute Gasteiger partial charge is 0.185 e. The molecule has 0 saturated heterocycles. The number of hydrogen-bond acceptors (Lipinski definition) is 0. The number of aryl methyl sites for hydroxylation is 11. The van der Waals surface area contributed by atoms with E-state index in [2.05, 4.69) is 0 Å². The monoisotopic (exact) mass is 1950 g/mol. The molecule has 0 saturated carbocycles. The summed E-state index contributed by atoms with van der Waals surface area (Å²) < 4.78 is 263. The summed E-state index contributed by atoms with van der Waals surface area (Å²) in [5.41, 5.74) is 18.0. The van der Waals surface area contributed by atoms with Gasteiger partial charge in [0.15, 0.2) is 46.5 Å². The van der Waals surface area contributed by atoms with Gasteiger partial charge in [0.25, 0.3) is 0 Å². The van der Waals surface area contributed by atoms with Crippen LogP contribution in [0.2, 0.25) is 0 Å². The Bertz CT molecular complexity index is 9130. The minimum absolute atomic E-state index is 0.00200. The van der Waals surface area contributed by atoms with Crippen molar-refractivity contribution >= 4 is 131 Å². The van der Waals surface area contributed by atoms with Crippen LogP contribution in [0.15, 0.2) is 291 Å². The van der Waals surface area contributed by atoms with Crippen molar-refractivity contribution in [2.24, 2.45) is 0 Å². The molecule has 0 aliphatic carbocycles. The van der Waals surface area contributed by atoms with Crippen LogP contribution in [0.1, 0.15) is 66.8 Å². The number of rotatable bonds is 6. The Hall–Kier alpha value is -16.5. The molecule has 720 valence electrons. The Morgan fingerprint density at radius 1 is 0.160 bits per heavy atom. The zero-order chi connectivity index (χ0) is 102. The van der Waals surface area contributed by atoms with Gasteiger partial charge in [0.05, 0.1) is 71.9 Å². The zero-order valence-corrected chi connectivity index (χ0v) is 79.2. The Morgan fingerprint density at radius 3 is 0.882 bits per heavy atom. The molecule has 24 heteroatoms. The number of hydrogen-bond donors (Lipinski definition) is 0. The van der Waals surface area contributed by atoms with Gasteiger partial charge in [0.1, 0.15) is 69.5 Å². The second-order valence-corrected chi connectivity index (χ2v) is 36.4. The maximum atomic E-state index is 14.8. The number of benzene rings is 18. The Balaban J connectivity index is 0.000000109. The van der Waals surface area contributed by atoms with Crippen LogP contribution >= 0.6 is 0 Å². The maximum absolute atomic E-state index is 14.8. The molecule has 6 nitrogen and oxygen atoms in total. The second-order valence-electron chi connectivity index (χ2n) is 36.4. The standard InChI is InChI=1S/6C20H14F3N/c1-11-3-7-17-13(9-11)14-10-12(2)4-8-18(14)24(17)20-16(22)6-5-15(21)19(20)23;1-11-3-8-17-15(9-11)19-18(10-16(22)12(2)20(19)23)24(17)14-6-4-13(21)5-7-14;1-11-3-8-17-15(9-11)18-19(23)12(2)10-16(22)20(18)24(17)14-6-4-13(21)5-7-14;1-11-3-8-17-15(9-11)16-10-12(2)18(22)19(23)20(16)24(17)14-6-4-13(21)5-7-14;1-11-3-5-18-14(7-11)15-8-12(2)4-6-19(15)24(18)20-16(22)9-13(21)10-17(20)23;1-11-3-5-17-14(7-11)15-8-12(2)4-6-18(15)24(17)19-10-13(21)9-16(22)20(19)23/h6*3-10H,1-2H3. The minimum Gasteiger partial charge on any atom is -0.309 e. The van der Waals surface area contributed by atoms with Crippen LogP contribution in [-0.4, -0.2) is 27.4 Å². The minimum atomic E-state index is -1.20. The summed E-state index contributed by atoms with van der Waals surface area (Å²) in [5, 5.41) is 8.96. The normalized spacial score (nSPS) is 11.5. The van der Waals surface area contributed by atoms with Gasteiger partial charge in [0, 0.05) is 112 Å². The molecule has 0 aliphatic heterocycles. The van der Waals surface area contributed by atoms with Gasteiger partial charge >= 0.3 is 0 Å². The molecule has 0 radical (unpaired) electrons. The molecule has 0 bridgehead atoms. The lowest BCUT2D eigenvalue weighted by molar-refractivity contribution is 0.490. The van der Waals surface area contributed by atoms with Crippen molar-refractivity contribution in [3.8, 4) is 34.1 Å².